The van der Waals surface area contributed by atoms with Gasteiger partial charge in [0.2, 0.25) is 0 Å². The Morgan fingerprint density at radius 2 is 1.95 bits per heavy atom. The van der Waals surface area contributed by atoms with Crippen molar-refractivity contribution in [2.24, 2.45) is 0 Å². The summed E-state index contributed by atoms with van der Waals surface area (Å²) >= 11 is 1.27. The SMILES string of the molecule is Cc1nsc2ncn(Cc3cccc4ccccc34)c(=O)c12. The minimum atomic E-state index is -0.0239. The molecule has 0 atom stereocenters. The lowest BCUT2D eigenvalue weighted by Crippen LogP contribution is -2.21. The summed E-state index contributed by atoms with van der Waals surface area (Å²) in [7, 11) is 0. The molecule has 0 saturated heterocycles. The zero-order valence-corrected chi connectivity index (χ0v) is 12.8. The molecule has 2 aromatic heterocycles. The lowest BCUT2D eigenvalue weighted by atomic mass is 10.0. The van der Waals surface area contributed by atoms with Gasteiger partial charge in [0.05, 0.1) is 24.0 Å². The van der Waals surface area contributed by atoms with Crippen molar-refractivity contribution in [3.8, 4) is 0 Å². The highest BCUT2D eigenvalue weighted by molar-refractivity contribution is 7.12. The van der Waals surface area contributed by atoms with Gasteiger partial charge >= 0.3 is 0 Å². The van der Waals surface area contributed by atoms with E-state index in [4.69, 9.17) is 0 Å². The van der Waals surface area contributed by atoms with Crippen LogP contribution >= 0.6 is 11.5 Å². The first-order valence-corrected chi connectivity index (χ1v) is 7.79. The van der Waals surface area contributed by atoms with Gasteiger partial charge in [-0.3, -0.25) is 9.36 Å². The monoisotopic (exact) mass is 307 g/mol. The zero-order valence-electron chi connectivity index (χ0n) is 12.0. The van der Waals surface area contributed by atoms with Gasteiger partial charge in [0, 0.05) is 0 Å². The summed E-state index contributed by atoms with van der Waals surface area (Å²) in [6.07, 6.45) is 1.62. The van der Waals surface area contributed by atoms with Crippen molar-refractivity contribution < 1.29 is 0 Å². The first-order valence-electron chi connectivity index (χ1n) is 7.02. The van der Waals surface area contributed by atoms with E-state index in [-0.39, 0.29) is 5.56 Å². The Morgan fingerprint density at radius 1 is 1.14 bits per heavy atom. The van der Waals surface area contributed by atoms with Crippen LogP contribution in [0.5, 0.6) is 0 Å². The zero-order chi connectivity index (χ0) is 15.1. The number of rotatable bonds is 2. The highest BCUT2D eigenvalue weighted by Crippen LogP contribution is 2.20. The molecule has 5 heteroatoms. The Bertz CT molecular complexity index is 1040. The number of hydrogen-bond donors (Lipinski definition) is 0. The van der Waals surface area contributed by atoms with Gasteiger partial charge in [-0.15, -0.1) is 0 Å². The smallest absolute Gasteiger partial charge is 0.264 e. The summed E-state index contributed by atoms with van der Waals surface area (Å²) in [5, 5.41) is 2.97. The van der Waals surface area contributed by atoms with Gasteiger partial charge in [0.25, 0.3) is 5.56 Å². The molecule has 22 heavy (non-hydrogen) atoms. The minimum Gasteiger partial charge on any atom is -0.294 e. The quantitative estimate of drug-likeness (QED) is 0.570. The maximum absolute atomic E-state index is 12.6. The molecular formula is C17H13N3OS. The molecule has 4 aromatic rings. The molecular weight excluding hydrogens is 294 g/mol. The van der Waals surface area contributed by atoms with E-state index in [0.29, 0.717) is 16.8 Å². The Hall–Kier alpha value is -2.53. The maximum Gasteiger partial charge on any atom is 0.264 e. The Kier molecular flexibility index (Phi) is 3.01. The molecule has 108 valence electrons. The van der Waals surface area contributed by atoms with E-state index < -0.39 is 0 Å². The molecule has 0 radical (unpaired) electrons. The van der Waals surface area contributed by atoms with Crippen LogP contribution in [0.2, 0.25) is 0 Å². The van der Waals surface area contributed by atoms with Crippen molar-refractivity contribution >= 4 is 32.5 Å². The van der Waals surface area contributed by atoms with E-state index in [9.17, 15) is 4.79 Å². The van der Waals surface area contributed by atoms with Crippen LogP contribution in [-0.4, -0.2) is 13.9 Å². The minimum absolute atomic E-state index is 0.0239. The van der Waals surface area contributed by atoms with Crippen molar-refractivity contribution in [1.29, 1.82) is 0 Å². The molecule has 0 amide bonds. The van der Waals surface area contributed by atoms with Crippen LogP contribution in [0.4, 0.5) is 0 Å². The van der Waals surface area contributed by atoms with Gasteiger partial charge < -0.3 is 0 Å². The van der Waals surface area contributed by atoms with Crippen molar-refractivity contribution in [1.82, 2.24) is 13.9 Å². The third-order valence-corrected chi connectivity index (χ3v) is 4.70. The number of aromatic nitrogens is 3. The average molecular weight is 307 g/mol. The summed E-state index contributed by atoms with van der Waals surface area (Å²) in [5.41, 5.74) is 1.84. The normalized spacial score (nSPS) is 11.3. The van der Waals surface area contributed by atoms with Gasteiger partial charge in [-0.25, -0.2) is 4.98 Å². The number of fused-ring (bicyclic) bond motifs is 2. The second-order valence-electron chi connectivity index (χ2n) is 5.26. The molecule has 4 rings (SSSR count). The van der Waals surface area contributed by atoms with Gasteiger partial charge in [-0.2, -0.15) is 4.37 Å². The van der Waals surface area contributed by atoms with Crippen LogP contribution in [0.1, 0.15) is 11.3 Å². The van der Waals surface area contributed by atoms with E-state index in [0.717, 1.165) is 16.6 Å². The Morgan fingerprint density at radius 3 is 2.86 bits per heavy atom. The van der Waals surface area contributed by atoms with Crippen molar-refractivity contribution in [3.05, 3.63) is 70.4 Å². The summed E-state index contributed by atoms with van der Waals surface area (Å²) in [5.74, 6) is 0. The summed E-state index contributed by atoms with van der Waals surface area (Å²) in [4.78, 5) is 17.7. The molecule has 0 unspecified atom stereocenters. The molecule has 2 aromatic carbocycles. The molecule has 0 fully saturated rings. The third kappa shape index (κ3) is 2.02. The second kappa shape index (κ2) is 5.03. The van der Waals surface area contributed by atoms with E-state index >= 15 is 0 Å². The highest BCUT2D eigenvalue weighted by atomic mass is 32.1. The van der Waals surface area contributed by atoms with Crippen LogP contribution in [0.25, 0.3) is 21.0 Å². The number of benzene rings is 2. The predicted octanol–water partition coefficient (Wildman–Crippen LogP) is 3.36. The number of nitrogens with zero attached hydrogens (tertiary/aromatic N) is 3. The molecule has 0 aliphatic rings. The van der Waals surface area contributed by atoms with Gasteiger partial charge in [0.15, 0.2) is 4.83 Å². The van der Waals surface area contributed by atoms with Gasteiger partial charge in [0.1, 0.15) is 0 Å². The van der Waals surface area contributed by atoms with Crippen LogP contribution in [0.3, 0.4) is 0 Å². The molecule has 4 nitrogen and oxygen atoms in total. The summed E-state index contributed by atoms with van der Waals surface area (Å²) in [6, 6.07) is 14.4. The molecule has 0 bridgehead atoms. The highest BCUT2D eigenvalue weighted by Gasteiger charge is 2.11. The topological polar surface area (TPSA) is 47.8 Å². The second-order valence-corrected chi connectivity index (χ2v) is 6.02. The molecule has 0 saturated carbocycles. The molecule has 0 aliphatic carbocycles. The molecule has 0 aliphatic heterocycles. The van der Waals surface area contributed by atoms with E-state index in [2.05, 4.69) is 33.6 Å². The largest absolute Gasteiger partial charge is 0.294 e. The Labute approximate surface area is 130 Å². The summed E-state index contributed by atoms with van der Waals surface area (Å²) < 4.78 is 5.88. The molecule has 0 N–H and O–H groups in total. The number of aryl methyl sites for hydroxylation is 1. The fourth-order valence-corrected chi connectivity index (χ4v) is 3.47. The van der Waals surface area contributed by atoms with Crippen LogP contribution in [0, 0.1) is 6.92 Å². The van der Waals surface area contributed by atoms with Crippen LogP contribution in [0.15, 0.2) is 53.6 Å². The first-order chi connectivity index (χ1) is 10.7. The van der Waals surface area contributed by atoms with E-state index in [1.807, 2.05) is 25.1 Å². The predicted molar refractivity (Wildman–Crippen MR) is 89.5 cm³/mol. The molecule has 0 spiro atoms. The lowest BCUT2D eigenvalue weighted by Gasteiger charge is -2.08. The van der Waals surface area contributed by atoms with Gasteiger partial charge in [-0.05, 0) is 34.8 Å². The average Bonchev–Trinajstić information content (AvgIpc) is 2.92. The van der Waals surface area contributed by atoms with E-state index in [1.54, 1.807) is 10.9 Å². The number of hydrogen-bond acceptors (Lipinski definition) is 4. The lowest BCUT2D eigenvalue weighted by molar-refractivity contribution is 0.753. The van der Waals surface area contributed by atoms with Crippen LogP contribution < -0.4 is 5.56 Å². The first kappa shape index (κ1) is 13.2. The molecule has 2 heterocycles. The van der Waals surface area contributed by atoms with Crippen molar-refractivity contribution in [3.63, 3.8) is 0 Å². The standard InChI is InChI=1S/C17H13N3OS/c1-11-15-16(22-19-11)18-10-20(17(15)21)9-13-7-4-6-12-5-2-3-8-14(12)13/h2-8,10H,9H2,1H3. The maximum atomic E-state index is 12.6. The van der Waals surface area contributed by atoms with E-state index in [1.165, 1.54) is 16.9 Å². The fourth-order valence-electron chi connectivity index (χ4n) is 2.74. The van der Waals surface area contributed by atoms with Crippen molar-refractivity contribution in [2.45, 2.75) is 13.5 Å². The fraction of sp³-hybridized carbons (Fsp3) is 0.118. The summed E-state index contributed by atoms with van der Waals surface area (Å²) in [6.45, 7) is 2.36. The van der Waals surface area contributed by atoms with Gasteiger partial charge in [-0.1, -0.05) is 42.5 Å². The third-order valence-electron chi connectivity index (χ3n) is 3.85. The van der Waals surface area contributed by atoms with Crippen molar-refractivity contribution in [2.75, 3.05) is 0 Å². The Balaban J connectivity index is 1.88. The van der Waals surface area contributed by atoms with Crippen LogP contribution in [-0.2, 0) is 6.54 Å².